The highest BCUT2D eigenvalue weighted by molar-refractivity contribution is 5.86. The van der Waals surface area contributed by atoms with Gasteiger partial charge in [0.2, 0.25) is 0 Å². The maximum atomic E-state index is 15.7. The summed E-state index contributed by atoms with van der Waals surface area (Å²) in [6, 6.07) is 18.8. The quantitative estimate of drug-likeness (QED) is 0.0564. The number of benzene rings is 2. The maximum absolute atomic E-state index is 15.7. The van der Waals surface area contributed by atoms with Gasteiger partial charge in [-0.15, -0.1) is 0 Å². The Morgan fingerprint density at radius 3 is 2.46 bits per heavy atom. The molecule has 2 heterocycles. The minimum atomic E-state index is -2.20. The number of hydrogen-bond acceptors (Lipinski definition) is 10. The van der Waals surface area contributed by atoms with Crippen molar-refractivity contribution in [3.8, 4) is 11.8 Å². The van der Waals surface area contributed by atoms with E-state index in [2.05, 4.69) is 65.7 Å². The molecule has 2 aromatic carbocycles. The lowest BCUT2D eigenvalue weighted by Gasteiger charge is -2.76. The van der Waals surface area contributed by atoms with Crippen LogP contribution in [0.1, 0.15) is 145 Å². The highest BCUT2D eigenvalue weighted by atomic mass is 16.5. The summed E-state index contributed by atoms with van der Waals surface area (Å²) in [6.07, 6.45) is 20.4. The molecule has 4 bridgehead atoms. The Morgan fingerprint density at radius 2 is 1.63 bits per heavy atom. The van der Waals surface area contributed by atoms with E-state index >= 15 is 9.90 Å². The summed E-state index contributed by atoms with van der Waals surface area (Å²) >= 11 is 0. The van der Waals surface area contributed by atoms with E-state index in [9.17, 15) is 25.2 Å². The van der Waals surface area contributed by atoms with Crippen molar-refractivity contribution in [2.45, 2.75) is 175 Å². The molecular formula is C66H81NO9. The number of esters is 1. The Morgan fingerprint density at radius 1 is 0.803 bits per heavy atom. The normalized spacial score (nSPS) is 51.3. The SMILES string of the molecule is O=CC12CC34C(CCOC3C3CC5C=CCC(C6CCCC6)C5CC(C(O)C5(O)C1CCC16CCC#Cc7ccccc7CC(NCO)C7CC(CC15O)C6C1=CC(=O)OC17)C32O)CC1CC(c2ccccc2)CCC14. The summed E-state index contributed by atoms with van der Waals surface area (Å²) in [5.74, 6) is 6.08. The number of carbonyl (C=O) groups is 2. The van der Waals surface area contributed by atoms with Gasteiger partial charge < -0.3 is 39.8 Å². The second-order valence-corrected chi connectivity index (χ2v) is 27.8. The molecule has 9 saturated carbocycles. The van der Waals surface area contributed by atoms with Gasteiger partial charge in [-0.2, -0.15) is 0 Å². The molecule has 15 rings (SSSR count). The van der Waals surface area contributed by atoms with Crippen molar-refractivity contribution in [3.63, 3.8) is 0 Å². The summed E-state index contributed by atoms with van der Waals surface area (Å²) in [4.78, 5) is 29.5. The minimum absolute atomic E-state index is 0.123. The predicted molar refractivity (Wildman–Crippen MR) is 284 cm³/mol. The third-order valence-electron chi connectivity index (χ3n) is 26.0. The number of fused-ring (bicyclic) bond motifs is 10. The van der Waals surface area contributed by atoms with Crippen LogP contribution in [0.15, 0.2) is 78.4 Å². The van der Waals surface area contributed by atoms with Crippen LogP contribution in [0.25, 0.3) is 0 Å². The third-order valence-corrected chi connectivity index (χ3v) is 26.0. The molecule has 2 aromatic rings. The van der Waals surface area contributed by atoms with Crippen LogP contribution in [0.4, 0.5) is 0 Å². The number of aldehydes is 1. The molecule has 13 aliphatic rings. The second-order valence-electron chi connectivity index (χ2n) is 27.8. The first-order chi connectivity index (χ1) is 36.9. The Kier molecular flexibility index (Phi) is 11.5. The summed E-state index contributed by atoms with van der Waals surface area (Å²) in [5.41, 5.74) is -4.64. The molecule has 23 atom stereocenters. The lowest BCUT2D eigenvalue weighted by atomic mass is 9.31. The van der Waals surface area contributed by atoms with Crippen LogP contribution in [-0.4, -0.2) is 92.3 Å². The number of rotatable bonds is 5. The van der Waals surface area contributed by atoms with Crippen molar-refractivity contribution in [2.24, 2.45) is 93.2 Å². The second kappa shape index (κ2) is 17.7. The van der Waals surface area contributed by atoms with Crippen LogP contribution < -0.4 is 5.32 Å². The average Bonchev–Trinajstić information content (AvgIpc) is 4.29. The lowest BCUT2D eigenvalue weighted by Crippen LogP contribution is -2.87. The number of allylic oxidation sites excluding steroid dienone is 2. The zero-order valence-corrected chi connectivity index (χ0v) is 44.3. The fourth-order valence-electron chi connectivity index (χ4n) is 23.7. The third kappa shape index (κ3) is 6.32. The zero-order valence-electron chi connectivity index (χ0n) is 44.3. The highest BCUT2D eigenvalue weighted by Gasteiger charge is 2.88. The van der Waals surface area contributed by atoms with Gasteiger partial charge in [-0.25, -0.2) is 4.79 Å². The lowest BCUT2D eigenvalue weighted by molar-refractivity contribution is -0.392. The Balaban J connectivity index is 0.916. The summed E-state index contributed by atoms with van der Waals surface area (Å²) in [7, 11) is 0. The highest BCUT2D eigenvalue weighted by Crippen LogP contribution is 2.81. The van der Waals surface area contributed by atoms with E-state index in [1.165, 1.54) is 31.2 Å². The van der Waals surface area contributed by atoms with Crippen molar-refractivity contribution < 1.29 is 44.6 Å². The van der Waals surface area contributed by atoms with Gasteiger partial charge in [0, 0.05) is 65.2 Å². The molecule has 0 amide bonds. The van der Waals surface area contributed by atoms with Crippen LogP contribution in [0.5, 0.6) is 0 Å². The molecule has 2 spiro atoms. The van der Waals surface area contributed by atoms with Gasteiger partial charge in [-0.1, -0.05) is 98.2 Å². The number of hydrogen-bond donors (Lipinski definition) is 6. The van der Waals surface area contributed by atoms with Crippen molar-refractivity contribution in [1.29, 1.82) is 0 Å². The van der Waals surface area contributed by atoms with Gasteiger partial charge in [-0.3, -0.25) is 5.32 Å². The van der Waals surface area contributed by atoms with Gasteiger partial charge in [-0.05, 0) is 178 Å². The standard InChI is InChI=1S/C66H81NO9/c68-36-62-35-63-46(28-44-27-42(20-21-51(44)63)39-11-2-1-3-12-39)23-26-75-60(63)53-30-43-18-10-19-47(40-15-5-6-16-40)48(43)32-52(65(53,62)73)59(71)66(74)55(62)22-25-61-24-9-8-14-38-13-4-7-17-41(38)31-54(67-37-69)49-29-45(34-64(61,66)72)57(61)50-33-56(70)76-58(49)50/h1-4,7,10-13,17-18,33,36,40,42-49,51-55,57-60,67,69,71-74H,5-6,9,15-16,19-32,34-35,37H2. The molecule has 10 nitrogen and oxygen atoms in total. The molecule has 10 fully saturated rings. The summed E-state index contributed by atoms with van der Waals surface area (Å²) in [6.45, 7) is 0.346. The molecule has 0 radical (unpaired) electrons. The molecule has 404 valence electrons. The summed E-state index contributed by atoms with van der Waals surface area (Å²) < 4.78 is 13.7. The molecule has 1 saturated heterocycles. The maximum Gasteiger partial charge on any atom is 0.331 e. The first kappa shape index (κ1) is 49.4. The van der Waals surface area contributed by atoms with Crippen molar-refractivity contribution >= 4 is 12.3 Å². The van der Waals surface area contributed by atoms with Crippen LogP contribution in [0, 0.1) is 105 Å². The Labute approximate surface area is 449 Å². The Bertz CT molecular complexity index is 2780. The van der Waals surface area contributed by atoms with E-state index in [1.807, 2.05) is 18.2 Å². The van der Waals surface area contributed by atoms with E-state index in [1.54, 1.807) is 6.08 Å². The van der Waals surface area contributed by atoms with Gasteiger partial charge in [0.1, 0.15) is 23.6 Å². The fraction of sp³-hybridized carbons (Fsp3) is 0.697. The number of carbonyl (C=O) groups excluding carboxylic acids is 2. The van der Waals surface area contributed by atoms with E-state index in [0.717, 1.165) is 61.5 Å². The molecule has 11 aliphatic carbocycles. The van der Waals surface area contributed by atoms with E-state index in [-0.39, 0.29) is 66.7 Å². The first-order valence-corrected chi connectivity index (χ1v) is 30.4. The number of nitrogens with one attached hydrogen (secondary N) is 1. The molecule has 76 heavy (non-hydrogen) atoms. The smallest absolute Gasteiger partial charge is 0.331 e. The predicted octanol–water partition coefficient (Wildman–Crippen LogP) is 8.36. The van der Waals surface area contributed by atoms with Crippen LogP contribution in [-0.2, 0) is 25.5 Å². The molecule has 0 aromatic heterocycles. The number of aliphatic hydroxyl groups is 5. The monoisotopic (exact) mass is 1030 g/mol. The molecule has 2 aliphatic heterocycles. The fourth-order valence-corrected chi connectivity index (χ4v) is 23.7. The van der Waals surface area contributed by atoms with Crippen molar-refractivity contribution in [1.82, 2.24) is 5.32 Å². The van der Waals surface area contributed by atoms with Crippen molar-refractivity contribution in [2.75, 3.05) is 13.3 Å². The molecular weight excluding hydrogens is 951 g/mol. The summed E-state index contributed by atoms with van der Waals surface area (Å²) in [5, 5.41) is 73.1. The van der Waals surface area contributed by atoms with Crippen LogP contribution in [0.3, 0.4) is 0 Å². The van der Waals surface area contributed by atoms with Gasteiger partial charge in [0.15, 0.2) is 0 Å². The van der Waals surface area contributed by atoms with Gasteiger partial charge >= 0.3 is 5.97 Å². The molecule has 10 heteroatoms. The molecule has 23 unspecified atom stereocenters. The van der Waals surface area contributed by atoms with E-state index in [0.29, 0.717) is 88.1 Å². The van der Waals surface area contributed by atoms with Crippen molar-refractivity contribution in [3.05, 3.63) is 95.1 Å². The number of aliphatic hydroxyl groups excluding tert-OH is 2. The van der Waals surface area contributed by atoms with Gasteiger partial charge in [0.05, 0.1) is 30.0 Å². The molecule has 6 N–H and O–H groups in total. The average molecular weight is 1030 g/mol. The van der Waals surface area contributed by atoms with E-state index < -0.39 is 69.0 Å². The number of ether oxygens (including phenoxy) is 2. The van der Waals surface area contributed by atoms with E-state index in [4.69, 9.17) is 9.47 Å². The zero-order chi connectivity index (χ0) is 51.6. The minimum Gasteiger partial charge on any atom is -0.454 e. The van der Waals surface area contributed by atoms with Gasteiger partial charge in [0.25, 0.3) is 0 Å². The van der Waals surface area contributed by atoms with Crippen LogP contribution in [0.2, 0.25) is 0 Å². The Hall–Kier alpha value is -3.66. The van der Waals surface area contributed by atoms with Crippen LogP contribution >= 0.6 is 0 Å². The largest absolute Gasteiger partial charge is 0.454 e. The first-order valence-electron chi connectivity index (χ1n) is 30.4. The topological polar surface area (TPSA) is 166 Å².